The highest BCUT2D eigenvalue weighted by Crippen LogP contribution is 2.27. The summed E-state index contributed by atoms with van der Waals surface area (Å²) in [5.74, 6) is 0.0393. The highest BCUT2D eigenvalue weighted by Gasteiger charge is 2.30. The van der Waals surface area contributed by atoms with Crippen LogP contribution in [-0.2, 0) is 9.53 Å². The van der Waals surface area contributed by atoms with Crippen LogP contribution in [0.3, 0.4) is 0 Å². The molecule has 0 aromatic rings. The number of aliphatic hydroxyl groups is 1. The molecule has 2 aliphatic rings. The molecule has 19 heavy (non-hydrogen) atoms. The van der Waals surface area contributed by atoms with E-state index in [1.165, 1.54) is 0 Å². The van der Waals surface area contributed by atoms with Gasteiger partial charge in [-0.1, -0.05) is 6.42 Å². The fraction of sp³-hybridized carbons (Fsp3) is 0.933. The van der Waals surface area contributed by atoms with Crippen LogP contribution in [0.1, 0.15) is 58.3 Å². The Morgan fingerprint density at radius 3 is 2.53 bits per heavy atom. The molecule has 0 heterocycles. The van der Waals surface area contributed by atoms with Gasteiger partial charge in [-0.2, -0.15) is 0 Å². The molecule has 0 aromatic carbocycles. The normalized spacial score (nSPS) is 35.9. The van der Waals surface area contributed by atoms with Gasteiger partial charge in [-0.15, -0.1) is 0 Å². The average Bonchev–Trinajstić information content (AvgIpc) is 2.39. The van der Waals surface area contributed by atoms with Crippen LogP contribution >= 0.6 is 0 Å². The van der Waals surface area contributed by atoms with Crippen molar-refractivity contribution in [2.75, 3.05) is 6.61 Å². The van der Waals surface area contributed by atoms with Crippen LogP contribution in [0, 0.1) is 5.92 Å². The number of nitrogens with one attached hydrogen (secondary N) is 1. The second kappa shape index (κ2) is 7.25. The maximum absolute atomic E-state index is 11.8. The number of carbonyl (C=O) groups is 1. The van der Waals surface area contributed by atoms with Gasteiger partial charge in [0.2, 0.25) is 0 Å². The summed E-state index contributed by atoms with van der Waals surface area (Å²) in [5, 5.41) is 13.4. The summed E-state index contributed by atoms with van der Waals surface area (Å²) in [5.41, 5.74) is 0. The maximum atomic E-state index is 11.8. The molecular weight excluding hydrogens is 242 g/mol. The Hall–Kier alpha value is -0.610. The predicted octanol–water partition coefficient (Wildman–Crippen LogP) is 2.00. The SMILES string of the molecule is CCOC(=O)C1CCCC(NC2CCCC(O)C2)C1. The van der Waals surface area contributed by atoms with Gasteiger partial charge in [0.05, 0.1) is 18.6 Å². The summed E-state index contributed by atoms with van der Waals surface area (Å²) in [4.78, 5) is 11.8. The van der Waals surface area contributed by atoms with Gasteiger partial charge in [0.1, 0.15) is 0 Å². The lowest BCUT2D eigenvalue weighted by molar-refractivity contribution is -0.149. The first-order chi connectivity index (χ1) is 9.19. The Labute approximate surface area is 115 Å². The minimum atomic E-state index is -0.143. The highest BCUT2D eigenvalue weighted by molar-refractivity contribution is 5.72. The van der Waals surface area contributed by atoms with Crippen LogP contribution < -0.4 is 5.32 Å². The van der Waals surface area contributed by atoms with Gasteiger partial charge in [0.15, 0.2) is 0 Å². The fourth-order valence-electron chi connectivity index (χ4n) is 3.46. The predicted molar refractivity (Wildman–Crippen MR) is 73.8 cm³/mol. The van der Waals surface area contributed by atoms with E-state index in [1.54, 1.807) is 0 Å². The Morgan fingerprint density at radius 2 is 1.84 bits per heavy atom. The van der Waals surface area contributed by atoms with Gasteiger partial charge in [-0.3, -0.25) is 4.79 Å². The molecule has 4 unspecified atom stereocenters. The summed E-state index contributed by atoms with van der Waals surface area (Å²) in [6, 6.07) is 0.841. The van der Waals surface area contributed by atoms with Gasteiger partial charge in [-0.05, 0) is 51.9 Å². The van der Waals surface area contributed by atoms with E-state index in [4.69, 9.17) is 4.74 Å². The van der Waals surface area contributed by atoms with Crippen molar-refractivity contribution in [3.63, 3.8) is 0 Å². The molecule has 4 heteroatoms. The first kappa shape index (κ1) is 14.8. The molecule has 110 valence electrons. The van der Waals surface area contributed by atoms with E-state index in [0.29, 0.717) is 18.7 Å². The number of rotatable bonds is 4. The second-order valence-corrected chi connectivity index (χ2v) is 6.00. The molecule has 2 aliphatic carbocycles. The molecule has 0 bridgehead atoms. The molecule has 0 spiro atoms. The molecular formula is C15H27NO3. The zero-order valence-electron chi connectivity index (χ0n) is 11.9. The fourth-order valence-corrected chi connectivity index (χ4v) is 3.46. The van der Waals surface area contributed by atoms with E-state index in [9.17, 15) is 9.90 Å². The van der Waals surface area contributed by atoms with Crippen LogP contribution in [0.25, 0.3) is 0 Å². The topological polar surface area (TPSA) is 58.6 Å². The van der Waals surface area contributed by atoms with E-state index < -0.39 is 0 Å². The number of carbonyl (C=O) groups excluding carboxylic acids is 1. The Bertz CT molecular complexity index is 295. The average molecular weight is 269 g/mol. The van der Waals surface area contributed by atoms with Crippen molar-refractivity contribution < 1.29 is 14.6 Å². The molecule has 0 saturated heterocycles. The van der Waals surface area contributed by atoms with Gasteiger partial charge >= 0.3 is 5.97 Å². The quantitative estimate of drug-likeness (QED) is 0.766. The van der Waals surface area contributed by atoms with Crippen LogP contribution in [0.2, 0.25) is 0 Å². The first-order valence-corrected chi connectivity index (χ1v) is 7.79. The Balaban J connectivity index is 1.78. The molecule has 2 saturated carbocycles. The van der Waals surface area contributed by atoms with Gasteiger partial charge < -0.3 is 15.2 Å². The molecule has 4 nitrogen and oxygen atoms in total. The number of hydrogen-bond acceptors (Lipinski definition) is 4. The lowest BCUT2D eigenvalue weighted by atomic mass is 9.84. The van der Waals surface area contributed by atoms with Crippen molar-refractivity contribution in [3.05, 3.63) is 0 Å². The minimum absolute atomic E-state index is 0.0299. The third-order valence-electron chi connectivity index (χ3n) is 4.41. The molecule has 2 N–H and O–H groups in total. The van der Waals surface area contributed by atoms with E-state index in [0.717, 1.165) is 51.4 Å². The summed E-state index contributed by atoms with van der Waals surface area (Å²) >= 11 is 0. The molecule has 0 aliphatic heterocycles. The van der Waals surface area contributed by atoms with E-state index in [-0.39, 0.29) is 18.0 Å². The molecule has 4 atom stereocenters. The number of hydrogen-bond donors (Lipinski definition) is 2. The number of esters is 1. The number of ether oxygens (including phenoxy) is 1. The summed E-state index contributed by atoms with van der Waals surface area (Å²) in [6.45, 7) is 2.34. The van der Waals surface area contributed by atoms with Crippen LogP contribution in [0.15, 0.2) is 0 Å². The minimum Gasteiger partial charge on any atom is -0.466 e. The summed E-state index contributed by atoms with van der Waals surface area (Å²) < 4.78 is 5.13. The lowest BCUT2D eigenvalue weighted by Gasteiger charge is -2.34. The molecule has 2 rings (SSSR count). The van der Waals surface area contributed by atoms with Gasteiger partial charge in [0.25, 0.3) is 0 Å². The van der Waals surface area contributed by atoms with Gasteiger partial charge in [0, 0.05) is 12.1 Å². The molecule has 2 fully saturated rings. The standard InChI is InChI=1S/C15H27NO3/c1-2-19-15(18)11-5-3-6-12(9-11)16-13-7-4-8-14(17)10-13/h11-14,16-17H,2-10H2,1H3. The van der Waals surface area contributed by atoms with Crippen molar-refractivity contribution >= 4 is 5.97 Å². The highest BCUT2D eigenvalue weighted by atomic mass is 16.5. The number of aliphatic hydroxyl groups excluding tert-OH is 1. The zero-order chi connectivity index (χ0) is 13.7. The third kappa shape index (κ3) is 4.46. The Kier molecular flexibility index (Phi) is 5.64. The zero-order valence-corrected chi connectivity index (χ0v) is 11.9. The lowest BCUT2D eigenvalue weighted by Crippen LogP contribution is -2.45. The van der Waals surface area contributed by atoms with Crippen molar-refractivity contribution in [1.29, 1.82) is 0 Å². The van der Waals surface area contributed by atoms with Crippen molar-refractivity contribution in [2.45, 2.75) is 76.5 Å². The first-order valence-electron chi connectivity index (χ1n) is 7.79. The molecule has 0 aromatic heterocycles. The van der Waals surface area contributed by atoms with E-state index in [2.05, 4.69) is 5.32 Å². The van der Waals surface area contributed by atoms with E-state index in [1.807, 2.05) is 6.92 Å². The van der Waals surface area contributed by atoms with Crippen molar-refractivity contribution in [1.82, 2.24) is 5.32 Å². The monoisotopic (exact) mass is 269 g/mol. The Morgan fingerprint density at radius 1 is 1.16 bits per heavy atom. The van der Waals surface area contributed by atoms with Crippen LogP contribution in [0.5, 0.6) is 0 Å². The van der Waals surface area contributed by atoms with Crippen molar-refractivity contribution in [3.8, 4) is 0 Å². The van der Waals surface area contributed by atoms with Crippen LogP contribution in [-0.4, -0.2) is 35.9 Å². The smallest absolute Gasteiger partial charge is 0.308 e. The second-order valence-electron chi connectivity index (χ2n) is 6.00. The van der Waals surface area contributed by atoms with Gasteiger partial charge in [-0.25, -0.2) is 0 Å². The molecule has 0 amide bonds. The molecule has 0 radical (unpaired) electrons. The van der Waals surface area contributed by atoms with Crippen molar-refractivity contribution in [2.24, 2.45) is 5.92 Å². The van der Waals surface area contributed by atoms with Crippen LogP contribution in [0.4, 0.5) is 0 Å². The maximum Gasteiger partial charge on any atom is 0.308 e. The van der Waals surface area contributed by atoms with E-state index >= 15 is 0 Å². The summed E-state index contributed by atoms with van der Waals surface area (Å²) in [7, 11) is 0. The third-order valence-corrected chi connectivity index (χ3v) is 4.41. The summed E-state index contributed by atoms with van der Waals surface area (Å²) in [6.07, 6.45) is 8.00. The largest absolute Gasteiger partial charge is 0.466 e.